The van der Waals surface area contributed by atoms with E-state index >= 15 is 0 Å². The fourth-order valence-electron chi connectivity index (χ4n) is 2.95. The van der Waals surface area contributed by atoms with Crippen molar-refractivity contribution in [2.75, 3.05) is 20.8 Å². The summed E-state index contributed by atoms with van der Waals surface area (Å²) in [5.41, 5.74) is 2.85. The van der Waals surface area contributed by atoms with Gasteiger partial charge >= 0.3 is 7.82 Å². The Labute approximate surface area is 146 Å². The zero-order chi connectivity index (χ0) is 18.4. The zero-order valence-electron chi connectivity index (χ0n) is 15.9. The SMILES string of the molecule is COP(=O)(OC)OOCCc1ccc(C(C)(C)CC(C)(C)C)cc1. The van der Waals surface area contributed by atoms with Crippen LogP contribution in [0.15, 0.2) is 24.3 Å². The molecule has 0 aromatic heterocycles. The van der Waals surface area contributed by atoms with Gasteiger partial charge in [0.25, 0.3) is 0 Å². The third kappa shape index (κ3) is 7.04. The minimum absolute atomic E-state index is 0.125. The van der Waals surface area contributed by atoms with Crippen molar-refractivity contribution in [1.29, 1.82) is 0 Å². The van der Waals surface area contributed by atoms with Crippen molar-refractivity contribution in [3.8, 4) is 0 Å². The predicted molar refractivity (Wildman–Crippen MR) is 95.9 cm³/mol. The lowest BCUT2D eigenvalue weighted by Gasteiger charge is -2.33. The topological polar surface area (TPSA) is 54.0 Å². The van der Waals surface area contributed by atoms with Crippen molar-refractivity contribution in [2.45, 2.75) is 52.9 Å². The number of phosphoric ester groups is 1. The molecular weight excluding hydrogens is 327 g/mol. The summed E-state index contributed by atoms with van der Waals surface area (Å²) in [5, 5.41) is 0. The van der Waals surface area contributed by atoms with Gasteiger partial charge in [0, 0.05) is 14.2 Å². The lowest BCUT2D eigenvalue weighted by Crippen LogP contribution is -2.24. The summed E-state index contributed by atoms with van der Waals surface area (Å²) in [6.45, 7) is 11.6. The van der Waals surface area contributed by atoms with E-state index in [0.717, 1.165) is 12.0 Å². The summed E-state index contributed by atoms with van der Waals surface area (Å²) >= 11 is 0. The van der Waals surface area contributed by atoms with Gasteiger partial charge in [0.15, 0.2) is 0 Å². The minimum atomic E-state index is -3.57. The van der Waals surface area contributed by atoms with Gasteiger partial charge in [-0.05, 0) is 34.8 Å². The molecule has 0 saturated heterocycles. The highest BCUT2D eigenvalue weighted by molar-refractivity contribution is 7.48. The second-order valence-corrected chi connectivity index (χ2v) is 9.55. The third-order valence-electron chi connectivity index (χ3n) is 3.77. The molecule has 0 N–H and O–H groups in total. The van der Waals surface area contributed by atoms with Gasteiger partial charge < -0.3 is 0 Å². The Morgan fingerprint density at radius 1 is 0.958 bits per heavy atom. The van der Waals surface area contributed by atoms with Crippen LogP contribution in [-0.4, -0.2) is 20.8 Å². The maximum atomic E-state index is 11.6. The van der Waals surface area contributed by atoms with Gasteiger partial charge in [0.2, 0.25) is 0 Å². The standard InChI is InChI=1S/C18H31O5P/c1-17(2,3)14-18(4,5)16-10-8-15(9-11-16)12-13-22-23-24(19,20-6)21-7/h8-11H,12-14H2,1-7H3. The molecule has 0 radical (unpaired) electrons. The molecule has 1 rings (SSSR count). The van der Waals surface area contributed by atoms with Crippen LogP contribution in [0.3, 0.4) is 0 Å². The fourth-order valence-corrected chi connectivity index (χ4v) is 3.42. The van der Waals surface area contributed by atoms with Gasteiger partial charge in [0.05, 0.1) is 6.61 Å². The summed E-state index contributed by atoms with van der Waals surface area (Å²) in [5.74, 6) is 0. The number of benzene rings is 1. The summed E-state index contributed by atoms with van der Waals surface area (Å²) in [7, 11) is -1.09. The van der Waals surface area contributed by atoms with E-state index in [2.05, 4.69) is 67.9 Å². The normalized spacial score (nSPS) is 13.3. The van der Waals surface area contributed by atoms with E-state index in [-0.39, 0.29) is 17.4 Å². The van der Waals surface area contributed by atoms with Crippen LogP contribution in [0.4, 0.5) is 0 Å². The maximum absolute atomic E-state index is 11.6. The van der Waals surface area contributed by atoms with Gasteiger partial charge in [-0.3, -0.25) is 9.05 Å². The molecule has 0 atom stereocenters. The van der Waals surface area contributed by atoms with Crippen LogP contribution in [0.5, 0.6) is 0 Å². The van der Waals surface area contributed by atoms with E-state index in [1.807, 2.05) is 0 Å². The van der Waals surface area contributed by atoms with Crippen molar-refractivity contribution in [3.63, 3.8) is 0 Å². The number of phosphoric acid groups is 1. The lowest BCUT2D eigenvalue weighted by atomic mass is 9.72. The van der Waals surface area contributed by atoms with Crippen molar-refractivity contribution in [1.82, 2.24) is 0 Å². The van der Waals surface area contributed by atoms with Crippen LogP contribution >= 0.6 is 7.82 Å². The van der Waals surface area contributed by atoms with E-state index in [1.54, 1.807) is 0 Å². The summed E-state index contributed by atoms with van der Waals surface area (Å²) in [4.78, 5) is 4.93. The average molecular weight is 358 g/mol. The first-order valence-corrected chi connectivity index (χ1v) is 9.59. The van der Waals surface area contributed by atoms with Crippen LogP contribution < -0.4 is 0 Å². The molecule has 1 aromatic rings. The van der Waals surface area contributed by atoms with E-state index in [1.165, 1.54) is 19.8 Å². The largest absolute Gasteiger partial charge is 0.501 e. The van der Waals surface area contributed by atoms with E-state index in [0.29, 0.717) is 6.42 Å². The molecule has 0 bridgehead atoms. The number of hydrogen-bond acceptors (Lipinski definition) is 5. The fraction of sp³-hybridized carbons (Fsp3) is 0.667. The zero-order valence-corrected chi connectivity index (χ0v) is 16.8. The van der Waals surface area contributed by atoms with Crippen molar-refractivity contribution < 1.29 is 23.2 Å². The molecule has 0 spiro atoms. The number of hydrogen-bond donors (Lipinski definition) is 0. The monoisotopic (exact) mass is 358 g/mol. The number of rotatable bonds is 9. The quantitative estimate of drug-likeness (QED) is 0.260. The molecule has 0 aliphatic carbocycles. The molecule has 1 aromatic carbocycles. The summed E-state index contributed by atoms with van der Waals surface area (Å²) in [6, 6.07) is 8.51. The van der Waals surface area contributed by atoms with E-state index in [9.17, 15) is 4.57 Å². The second kappa shape index (κ2) is 8.59. The Hall–Kier alpha value is -0.710. The Bertz CT molecular complexity index is 538. The van der Waals surface area contributed by atoms with Crippen molar-refractivity contribution >= 4 is 7.82 Å². The highest BCUT2D eigenvalue weighted by Gasteiger charge is 2.27. The van der Waals surface area contributed by atoms with Gasteiger partial charge in [-0.15, -0.1) is 4.67 Å². The molecule has 0 amide bonds. The molecule has 0 fully saturated rings. The maximum Gasteiger partial charge on any atom is 0.501 e. The van der Waals surface area contributed by atoms with E-state index in [4.69, 9.17) is 9.56 Å². The van der Waals surface area contributed by atoms with Crippen molar-refractivity contribution in [3.05, 3.63) is 35.4 Å². The molecule has 0 heterocycles. The first-order valence-electron chi connectivity index (χ1n) is 8.13. The van der Waals surface area contributed by atoms with Crippen LogP contribution in [0.25, 0.3) is 0 Å². The van der Waals surface area contributed by atoms with Gasteiger partial charge in [-0.1, -0.05) is 58.9 Å². The molecule has 0 aliphatic heterocycles. The molecule has 24 heavy (non-hydrogen) atoms. The van der Waals surface area contributed by atoms with Crippen LogP contribution in [0.2, 0.25) is 0 Å². The molecule has 6 heteroatoms. The Morgan fingerprint density at radius 3 is 1.96 bits per heavy atom. The second-order valence-electron chi connectivity index (χ2n) is 7.78. The summed E-state index contributed by atoms with van der Waals surface area (Å²) in [6.07, 6.45) is 1.76. The van der Waals surface area contributed by atoms with Gasteiger partial charge in [-0.25, -0.2) is 9.45 Å². The Morgan fingerprint density at radius 2 is 1.50 bits per heavy atom. The van der Waals surface area contributed by atoms with Crippen molar-refractivity contribution in [2.24, 2.45) is 5.41 Å². The molecule has 138 valence electrons. The first kappa shape index (κ1) is 21.3. The van der Waals surface area contributed by atoms with Gasteiger partial charge in [0.1, 0.15) is 0 Å². The third-order valence-corrected chi connectivity index (χ3v) is 4.96. The predicted octanol–water partition coefficient (Wildman–Crippen LogP) is 5.29. The Balaban J connectivity index is 2.55. The highest BCUT2D eigenvalue weighted by Crippen LogP contribution is 2.47. The first-order chi connectivity index (χ1) is 11.0. The average Bonchev–Trinajstić information content (AvgIpc) is 2.49. The van der Waals surface area contributed by atoms with Crippen LogP contribution in [-0.2, 0) is 35.0 Å². The van der Waals surface area contributed by atoms with Crippen LogP contribution in [0, 0.1) is 5.41 Å². The van der Waals surface area contributed by atoms with Gasteiger partial charge in [-0.2, -0.15) is 0 Å². The molecule has 5 nitrogen and oxygen atoms in total. The molecule has 0 unspecified atom stereocenters. The summed E-state index contributed by atoms with van der Waals surface area (Å²) < 4.78 is 25.6. The molecule has 0 aliphatic rings. The molecular formula is C18H31O5P. The molecule has 0 saturated carbocycles. The minimum Gasteiger partial charge on any atom is -0.289 e. The van der Waals surface area contributed by atoms with Crippen LogP contribution in [0.1, 0.15) is 52.2 Å². The lowest BCUT2D eigenvalue weighted by molar-refractivity contribution is -0.223. The smallest absolute Gasteiger partial charge is 0.289 e. The van der Waals surface area contributed by atoms with E-state index < -0.39 is 7.82 Å². The Kier molecular flexibility index (Phi) is 7.64. The highest BCUT2D eigenvalue weighted by atomic mass is 31.2.